The second-order valence-electron chi connectivity index (χ2n) is 9.13. The number of rotatable bonds is 6. The third-order valence-electron chi connectivity index (χ3n) is 6.03. The second-order valence-corrected chi connectivity index (χ2v) is 9.13. The summed E-state index contributed by atoms with van der Waals surface area (Å²) >= 11 is 0. The first-order chi connectivity index (χ1) is 16.2. The normalized spacial score (nSPS) is 26.4. The summed E-state index contributed by atoms with van der Waals surface area (Å²) in [5, 5.41) is 10.4. The van der Waals surface area contributed by atoms with E-state index in [0.717, 1.165) is 26.5 Å². The lowest BCUT2D eigenvalue weighted by Gasteiger charge is -2.35. The molecule has 0 radical (unpaired) electrons. The number of fused-ring (bicyclic) bond motifs is 1. The maximum atomic E-state index is 12.9. The van der Waals surface area contributed by atoms with Crippen molar-refractivity contribution in [3.05, 3.63) is 35.5 Å². The fourth-order valence-electron chi connectivity index (χ4n) is 3.66. The molecule has 1 fully saturated rings. The summed E-state index contributed by atoms with van der Waals surface area (Å²) in [6.07, 6.45) is -0.0768. The highest BCUT2D eigenvalue weighted by atomic mass is 16.6. The van der Waals surface area contributed by atoms with Crippen LogP contribution >= 0.6 is 0 Å². The Morgan fingerprint density at radius 3 is 2.40 bits per heavy atom. The van der Waals surface area contributed by atoms with Crippen LogP contribution in [0.25, 0.3) is 0 Å². The van der Waals surface area contributed by atoms with Gasteiger partial charge in [0.05, 0.1) is 24.5 Å². The van der Waals surface area contributed by atoms with E-state index in [1.807, 2.05) is 0 Å². The molecule has 0 saturated carbocycles. The number of carbonyl (C=O) groups excluding carboxylic acids is 5. The Kier molecular flexibility index (Phi) is 8.78. The van der Waals surface area contributed by atoms with Crippen molar-refractivity contribution in [2.75, 3.05) is 7.11 Å². The predicted molar refractivity (Wildman–Crippen MR) is 122 cm³/mol. The van der Waals surface area contributed by atoms with Gasteiger partial charge in [0, 0.05) is 5.57 Å². The molecule has 0 aromatic carbocycles. The highest BCUT2D eigenvalue weighted by Crippen LogP contribution is 2.38. The van der Waals surface area contributed by atoms with Gasteiger partial charge >= 0.3 is 23.9 Å². The van der Waals surface area contributed by atoms with Crippen LogP contribution in [0, 0.1) is 11.8 Å². The van der Waals surface area contributed by atoms with Crippen LogP contribution in [0.4, 0.5) is 0 Å². The van der Waals surface area contributed by atoms with E-state index < -0.39 is 65.4 Å². The van der Waals surface area contributed by atoms with Gasteiger partial charge in [0.1, 0.15) is 6.10 Å². The third-order valence-corrected chi connectivity index (χ3v) is 6.03. The summed E-state index contributed by atoms with van der Waals surface area (Å²) in [4.78, 5) is 62.8. The molecule has 10 heteroatoms. The van der Waals surface area contributed by atoms with Crippen LogP contribution in [0.2, 0.25) is 0 Å². The van der Waals surface area contributed by atoms with Crippen molar-refractivity contribution < 1.29 is 48.0 Å². The molecule has 1 aliphatic carbocycles. The highest BCUT2D eigenvalue weighted by molar-refractivity contribution is 6.05. The van der Waals surface area contributed by atoms with Crippen LogP contribution in [-0.4, -0.2) is 65.8 Å². The number of ketones is 1. The van der Waals surface area contributed by atoms with E-state index in [0.29, 0.717) is 12.8 Å². The Labute approximate surface area is 203 Å². The molecule has 0 bridgehead atoms. The Morgan fingerprint density at radius 1 is 1.23 bits per heavy atom. The van der Waals surface area contributed by atoms with E-state index in [2.05, 4.69) is 6.58 Å². The molecule has 0 amide bonds. The van der Waals surface area contributed by atoms with Crippen molar-refractivity contribution in [1.29, 1.82) is 0 Å². The summed E-state index contributed by atoms with van der Waals surface area (Å²) in [6.45, 7) is 10.7. The van der Waals surface area contributed by atoms with Crippen molar-refractivity contribution in [2.45, 2.75) is 71.4 Å². The molecule has 1 heterocycles. The summed E-state index contributed by atoms with van der Waals surface area (Å²) in [7, 11) is 1.14. The molecule has 0 aromatic heterocycles. The zero-order chi connectivity index (χ0) is 26.7. The third kappa shape index (κ3) is 6.05. The average Bonchev–Trinajstić information content (AvgIpc) is 3.05. The molecule has 10 nitrogen and oxygen atoms in total. The molecule has 5 unspecified atom stereocenters. The largest absolute Gasteiger partial charge is 0.466 e. The van der Waals surface area contributed by atoms with Gasteiger partial charge < -0.3 is 24.1 Å². The lowest BCUT2D eigenvalue weighted by atomic mass is 9.83. The predicted octanol–water partition coefficient (Wildman–Crippen LogP) is 1.74. The van der Waals surface area contributed by atoms with Crippen molar-refractivity contribution in [2.24, 2.45) is 11.8 Å². The maximum Gasteiger partial charge on any atom is 0.346 e. The van der Waals surface area contributed by atoms with Gasteiger partial charge in [-0.3, -0.25) is 9.59 Å². The van der Waals surface area contributed by atoms with Crippen LogP contribution < -0.4 is 0 Å². The molecule has 2 rings (SSSR count). The Morgan fingerprint density at radius 2 is 1.86 bits per heavy atom. The maximum absolute atomic E-state index is 12.9. The number of hydrogen-bond acceptors (Lipinski definition) is 10. The summed E-state index contributed by atoms with van der Waals surface area (Å²) in [5.41, 5.74) is -1.93. The van der Waals surface area contributed by atoms with Crippen LogP contribution in [-0.2, 0) is 42.9 Å². The number of Topliss-reactive ketones (excluding diaryl/α,β-unsaturated/α-hetero) is 1. The summed E-state index contributed by atoms with van der Waals surface area (Å²) in [5.74, 6) is -6.30. The van der Waals surface area contributed by atoms with E-state index >= 15 is 0 Å². The lowest BCUT2D eigenvalue weighted by Crippen LogP contribution is -2.51. The minimum absolute atomic E-state index is 0.0882. The minimum Gasteiger partial charge on any atom is -0.466 e. The topological polar surface area (TPSA) is 143 Å². The van der Waals surface area contributed by atoms with Gasteiger partial charge in [-0.15, -0.1) is 0 Å². The van der Waals surface area contributed by atoms with E-state index in [-0.39, 0.29) is 11.1 Å². The van der Waals surface area contributed by atoms with Crippen LogP contribution in [0.3, 0.4) is 0 Å². The first kappa shape index (κ1) is 28.0. The van der Waals surface area contributed by atoms with Gasteiger partial charge in [-0.1, -0.05) is 32.1 Å². The standard InChI is InChI=1S/C25H32O10/c1-12(2)21(27)34-19-16(23(29)32-7)10-8-9-13(3)11-17-18(14(4)22(28)33-17)20(19)35-24(30)25(6,31)15(5)26/h10-12,17-20,31H,4,8-9H2,1-3,5-7H3. The average molecular weight is 493 g/mol. The first-order valence-electron chi connectivity index (χ1n) is 11.2. The van der Waals surface area contributed by atoms with Gasteiger partial charge in [-0.25, -0.2) is 14.4 Å². The Bertz CT molecular complexity index is 984. The van der Waals surface area contributed by atoms with Gasteiger partial charge in [0.25, 0.3) is 0 Å². The fraction of sp³-hybridized carbons (Fsp3) is 0.560. The van der Waals surface area contributed by atoms with Crippen molar-refractivity contribution >= 4 is 29.7 Å². The van der Waals surface area contributed by atoms with Crippen LogP contribution in [0.15, 0.2) is 35.5 Å². The highest BCUT2D eigenvalue weighted by Gasteiger charge is 2.52. The number of carbonyl (C=O) groups is 5. The van der Waals surface area contributed by atoms with E-state index in [9.17, 15) is 29.1 Å². The van der Waals surface area contributed by atoms with Crippen molar-refractivity contribution in [3.63, 3.8) is 0 Å². The quantitative estimate of drug-likeness (QED) is 0.191. The molecule has 35 heavy (non-hydrogen) atoms. The Hall–Kier alpha value is -3.27. The smallest absolute Gasteiger partial charge is 0.346 e. The first-order valence-corrected chi connectivity index (χ1v) is 11.2. The molecule has 0 aromatic rings. The fourth-order valence-corrected chi connectivity index (χ4v) is 3.66. The van der Waals surface area contributed by atoms with Gasteiger partial charge in [0.2, 0.25) is 5.60 Å². The zero-order valence-corrected chi connectivity index (χ0v) is 20.8. The van der Waals surface area contributed by atoms with E-state index in [1.165, 1.54) is 6.08 Å². The SMILES string of the molecule is C=C1C(=O)OC2C=C(C)CCC=C(C(=O)OC)C(OC(=O)C(C)C)C(OC(=O)C(C)(O)C(C)=O)C12. The summed E-state index contributed by atoms with van der Waals surface area (Å²) < 4.78 is 21.6. The summed E-state index contributed by atoms with van der Waals surface area (Å²) in [6, 6.07) is 0. The molecule has 1 N–H and O–H groups in total. The number of allylic oxidation sites excluding steroid dienone is 2. The number of aliphatic hydroxyl groups is 1. The van der Waals surface area contributed by atoms with Crippen molar-refractivity contribution in [3.8, 4) is 0 Å². The van der Waals surface area contributed by atoms with Gasteiger partial charge in [-0.2, -0.15) is 0 Å². The number of methoxy groups -OCH3 is 1. The van der Waals surface area contributed by atoms with Gasteiger partial charge in [0.15, 0.2) is 18.0 Å². The van der Waals surface area contributed by atoms with E-state index in [1.54, 1.807) is 26.8 Å². The minimum atomic E-state index is -2.54. The molecule has 192 valence electrons. The lowest BCUT2D eigenvalue weighted by molar-refractivity contribution is -0.186. The molecular formula is C25H32O10. The monoisotopic (exact) mass is 492 g/mol. The number of ether oxygens (including phenoxy) is 4. The number of hydrogen-bond donors (Lipinski definition) is 1. The molecule has 2 aliphatic rings. The second kappa shape index (κ2) is 11.0. The van der Waals surface area contributed by atoms with Gasteiger partial charge in [-0.05, 0) is 39.7 Å². The Balaban J connectivity index is 2.76. The van der Waals surface area contributed by atoms with Crippen LogP contribution in [0.1, 0.15) is 47.5 Å². The molecule has 0 spiro atoms. The van der Waals surface area contributed by atoms with E-state index in [4.69, 9.17) is 18.9 Å². The number of esters is 4. The molecule has 1 aliphatic heterocycles. The molecule has 5 atom stereocenters. The molecule has 1 saturated heterocycles. The van der Waals surface area contributed by atoms with Crippen molar-refractivity contribution in [1.82, 2.24) is 0 Å². The molecular weight excluding hydrogens is 460 g/mol. The zero-order valence-electron chi connectivity index (χ0n) is 20.8. The van der Waals surface area contributed by atoms with Crippen LogP contribution in [0.5, 0.6) is 0 Å².